The van der Waals surface area contributed by atoms with E-state index in [1.807, 2.05) is 0 Å². The van der Waals surface area contributed by atoms with E-state index in [-0.39, 0.29) is 6.29 Å². The van der Waals surface area contributed by atoms with E-state index in [1.54, 1.807) is 0 Å². The minimum Gasteiger partial charge on any atom is -0.388 e. The first-order valence-electron chi connectivity index (χ1n) is 8.76. The Bertz CT molecular complexity index is 208. The van der Waals surface area contributed by atoms with Gasteiger partial charge < -0.3 is 14.6 Å². The third kappa shape index (κ3) is 8.93. The summed E-state index contributed by atoms with van der Waals surface area (Å²) in [5.41, 5.74) is 0. The van der Waals surface area contributed by atoms with E-state index in [1.165, 1.54) is 57.8 Å². The maximum atomic E-state index is 9.68. The Hall–Kier alpha value is -0.120. The van der Waals surface area contributed by atoms with Gasteiger partial charge in [0.15, 0.2) is 6.29 Å². The van der Waals surface area contributed by atoms with Crippen LogP contribution >= 0.6 is 0 Å². The van der Waals surface area contributed by atoms with Crippen LogP contribution in [0.2, 0.25) is 0 Å². The van der Waals surface area contributed by atoms with Crippen molar-refractivity contribution in [3.05, 3.63) is 0 Å². The van der Waals surface area contributed by atoms with Crippen LogP contribution in [0.25, 0.3) is 0 Å². The second kappa shape index (κ2) is 12.6. The summed E-state index contributed by atoms with van der Waals surface area (Å²) in [6.07, 6.45) is 14.3. The van der Waals surface area contributed by atoms with Crippen molar-refractivity contribution in [3.63, 3.8) is 0 Å². The molecule has 0 aliphatic carbocycles. The van der Waals surface area contributed by atoms with Crippen LogP contribution in [0.1, 0.15) is 84.0 Å². The summed E-state index contributed by atoms with van der Waals surface area (Å²) >= 11 is 0. The van der Waals surface area contributed by atoms with E-state index in [4.69, 9.17) is 9.47 Å². The minimum atomic E-state index is -0.424. The van der Waals surface area contributed by atoms with Gasteiger partial charge in [-0.2, -0.15) is 0 Å². The molecule has 0 aromatic heterocycles. The maximum absolute atomic E-state index is 9.68. The van der Waals surface area contributed by atoms with E-state index in [0.717, 1.165) is 32.5 Å². The average molecular weight is 286 g/mol. The van der Waals surface area contributed by atoms with Crippen molar-refractivity contribution in [2.75, 3.05) is 13.2 Å². The largest absolute Gasteiger partial charge is 0.388 e. The third-order valence-electron chi connectivity index (χ3n) is 4.02. The van der Waals surface area contributed by atoms with Crippen molar-refractivity contribution in [2.24, 2.45) is 0 Å². The average Bonchev–Trinajstić information content (AvgIpc) is 2.46. The number of aliphatic hydroxyl groups excluding tert-OH is 1. The Balaban J connectivity index is 1.78. The van der Waals surface area contributed by atoms with Crippen molar-refractivity contribution < 1.29 is 14.6 Å². The lowest BCUT2D eigenvalue weighted by molar-refractivity contribution is -0.214. The Morgan fingerprint density at radius 3 is 2.15 bits per heavy atom. The van der Waals surface area contributed by atoms with Crippen LogP contribution in [0.15, 0.2) is 0 Å². The molecule has 0 bridgehead atoms. The van der Waals surface area contributed by atoms with Gasteiger partial charge in [-0.3, -0.25) is 0 Å². The first-order valence-corrected chi connectivity index (χ1v) is 8.76. The molecule has 1 aliphatic heterocycles. The molecule has 0 radical (unpaired) electrons. The Kier molecular flexibility index (Phi) is 11.3. The number of hydrogen-bond acceptors (Lipinski definition) is 3. The molecule has 0 aromatic rings. The Morgan fingerprint density at radius 2 is 1.55 bits per heavy atom. The quantitative estimate of drug-likeness (QED) is 0.540. The maximum Gasteiger partial charge on any atom is 0.183 e. The topological polar surface area (TPSA) is 38.7 Å². The van der Waals surface area contributed by atoms with Crippen LogP contribution in [0.5, 0.6) is 0 Å². The van der Waals surface area contributed by atoms with Gasteiger partial charge in [0.2, 0.25) is 0 Å². The molecule has 0 saturated carbocycles. The van der Waals surface area contributed by atoms with Gasteiger partial charge in [0.05, 0.1) is 0 Å². The second-order valence-corrected chi connectivity index (χ2v) is 6.00. The molecule has 3 nitrogen and oxygen atoms in total. The molecule has 0 spiro atoms. The highest BCUT2D eigenvalue weighted by molar-refractivity contribution is 4.65. The summed E-state index contributed by atoms with van der Waals surface area (Å²) in [4.78, 5) is 0. The molecule has 1 N–H and O–H groups in total. The first kappa shape index (κ1) is 17.9. The normalized spacial score (nSPS) is 23.1. The molecule has 1 fully saturated rings. The smallest absolute Gasteiger partial charge is 0.183 e. The first-order chi connectivity index (χ1) is 9.84. The molecule has 0 unspecified atom stereocenters. The fourth-order valence-corrected chi connectivity index (χ4v) is 2.69. The van der Waals surface area contributed by atoms with Crippen molar-refractivity contribution in [1.29, 1.82) is 0 Å². The van der Waals surface area contributed by atoms with Gasteiger partial charge >= 0.3 is 0 Å². The van der Waals surface area contributed by atoms with Crippen LogP contribution in [0.3, 0.4) is 0 Å². The standard InChI is InChI=1S/C17H34O3/c1-2-3-4-5-6-7-8-9-10-11-14-19-17-16(18)13-12-15-20-17/h16-18H,2-15H2,1H3/t16-,17-/m1/s1. The number of unbranched alkanes of at least 4 members (excludes halogenated alkanes) is 9. The van der Waals surface area contributed by atoms with E-state index in [2.05, 4.69) is 6.92 Å². The fourth-order valence-electron chi connectivity index (χ4n) is 2.69. The van der Waals surface area contributed by atoms with Crippen LogP contribution < -0.4 is 0 Å². The molecule has 1 heterocycles. The molecule has 20 heavy (non-hydrogen) atoms. The lowest BCUT2D eigenvalue weighted by Gasteiger charge is -2.27. The van der Waals surface area contributed by atoms with Crippen LogP contribution in [0, 0.1) is 0 Å². The van der Waals surface area contributed by atoms with Gasteiger partial charge in [-0.25, -0.2) is 0 Å². The second-order valence-electron chi connectivity index (χ2n) is 6.00. The summed E-state index contributed by atoms with van der Waals surface area (Å²) in [5.74, 6) is 0. The minimum absolute atomic E-state index is 0.373. The summed E-state index contributed by atoms with van der Waals surface area (Å²) in [7, 11) is 0. The number of ether oxygens (including phenoxy) is 2. The van der Waals surface area contributed by atoms with Crippen molar-refractivity contribution in [1.82, 2.24) is 0 Å². The van der Waals surface area contributed by atoms with Crippen LogP contribution in [-0.4, -0.2) is 30.7 Å². The zero-order chi connectivity index (χ0) is 14.5. The molecule has 2 atom stereocenters. The molecule has 120 valence electrons. The van der Waals surface area contributed by atoms with Gasteiger partial charge in [-0.05, 0) is 19.3 Å². The van der Waals surface area contributed by atoms with Gasteiger partial charge in [-0.1, -0.05) is 64.7 Å². The van der Waals surface area contributed by atoms with Crippen molar-refractivity contribution >= 4 is 0 Å². The predicted molar refractivity (Wildman–Crippen MR) is 82.8 cm³/mol. The molecule has 1 aliphatic rings. The predicted octanol–water partition coefficient (Wildman–Crippen LogP) is 4.42. The highest BCUT2D eigenvalue weighted by Crippen LogP contribution is 2.16. The van der Waals surface area contributed by atoms with Crippen molar-refractivity contribution in [2.45, 2.75) is 96.4 Å². The zero-order valence-corrected chi connectivity index (χ0v) is 13.3. The lowest BCUT2D eigenvalue weighted by Crippen LogP contribution is -2.36. The number of aliphatic hydroxyl groups is 1. The monoisotopic (exact) mass is 286 g/mol. The van der Waals surface area contributed by atoms with Gasteiger partial charge in [0.25, 0.3) is 0 Å². The van der Waals surface area contributed by atoms with Crippen LogP contribution in [-0.2, 0) is 9.47 Å². The number of hydrogen-bond donors (Lipinski definition) is 1. The van der Waals surface area contributed by atoms with E-state index >= 15 is 0 Å². The summed E-state index contributed by atoms with van der Waals surface area (Å²) < 4.78 is 11.0. The van der Waals surface area contributed by atoms with Gasteiger partial charge in [0.1, 0.15) is 6.10 Å². The molecule has 1 rings (SSSR count). The summed E-state index contributed by atoms with van der Waals surface area (Å²) in [5, 5.41) is 9.68. The SMILES string of the molecule is CCCCCCCCCCCCO[C@@H]1OCCC[C@H]1O. The fraction of sp³-hybridized carbons (Fsp3) is 1.00. The summed E-state index contributed by atoms with van der Waals surface area (Å²) in [6.45, 7) is 3.71. The van der Waals surface area contributed by atoms with Gasteiger partial charge in [-0.15, -0.1) is 0 Å². The highest BCUT2D eigenvalue weighted by Gasteiger charge is 2.23. The molecule has 0 amide bonds. The summed E-state index contributed by atoms with van der Waals surface area (Å²) in [6, 6.07) is 0. The highest BCUT2D eigenvalue weighted by atomic mass is 16.7. The lowest BCUT2D eigenvalue weighted by atomic mass is 10.1. The molecule has 1 saturated heterocycles. The molecule has 0 aromatic carbocycles. The number of rotatable bonds is 12. The third-order valence-corrected chi connectivity index (χ3v) is 4.02. The van der Waals surface area contributed by atoms with Crippen LogP contribution in [0.4, 0.5) is 0 Å². The molecular weight excluding hydrogens is 252 g/mol. The van der Waals surface area contributed by atoms with E-state index < -0.39 is 6.10 Å². The molecule has 3 heteroatoms. The molecular formula is C17H34O3. The van der Waals surface area contributed by atoms with E-state index in [0.29, 0.717) is 0 Å². The Morgan fingerprint density at radius 1 is 0.950 bits per heavy atom. The zero-order valence-electron chi connectivity index (χ0n) is 13.3. The van der Waals surface area contributed by atoms with Gasteiger partial charge in [0, 0.05) is 13.2 Å². The van der Waals surface area contributed by atoms with E-state index in [9.17, 15) is 5.11 Å². The Labute approximate surface area is 125 Å². The van der Waals surface area contributed by atoms with Crippen molar-refractivity contribution in [3.8, 4) is 0 Å².